The first-order chi connectivity index (χ1) is 12.1. The maximum Gasteiger partial charge on any atom is 0.419 e. The second kappa shape index (κ2) is 5.97. The topological polar surface area (TPSA) is 68.9 Å². The zero-order valence-electron chi connectivity index (χ0n) is 13.6. The van der Waals surface area contributed by atoms with Gasteiger partial charge in [-0.2, -0.15) is 13.2 Å². The lowest BCUT2D eigenvalue weighted by Gasteiger charge is -2.14. The molecular formula is C16H12F4N4O2. The summed E-state index contributed by atoms with van der Waals surface area (Å²) in [5, 5.41) is 2.69. The van der Waals surface area contributed by atoms with Gasteiger partial charge in [0.05, 0.1) is 11.3 Å². The molecule has 0 bridgehead atoms. The highest BCUT2D eigenvalue weighted by molar-refractivity contribution is 5.90. The number of pyridine rings is 1. The SMILES string of the molecule is Cn1c(=O)c2c(Nc3ccc(F)c(C(F)(F)F)c3)ccnc2n(C)c1=O. The minimum Gasteiger partial charge on any atom is -0.355 e. The molecule has 0 unspecified atom stereocenters. The predicted molar refractivity (Wildman–Crippen MR) is 86.9 cm³/mol. The molecule has 26 heavy (non-hydrogen) atoms. The molecule has 0 radical (unpaired) electrons. The Balaban J connectivity index is 2.20. The summed E-state index contributed by atoms with van der Waals surface area (Å²) in [7, 11) is 2.70. The van der Waals surface area contributed by atoms with Crippen molar-refractivity contribution in [2.75, 3.05) is 5.32 Å². The van der Waals surface area contributed by atoms with Crippen LogP contribution >= 0.6 is 0 Å². The van der Waals surface area contributed by atoms with Gasteiger partial charge in [-0.3, -0.25) is 13.9 Å². The molecule has 1 N–H and O–H groups in total. The fourth-order valence-corrected chi connectivity index (χ4v) is 2.57. The molecule has 1 aromatic carbocycles. The van der Waals surface area contributed by atoms with Gasteiger partial charge in [0.25, 0.3) is 5.56 Å². The third-order valence-electron chi connectivity index (χ3n) is 3.89. The van der Waals surface area contributed by atoms with Crippen LogP contribution in [0, 0.1) is 5.82 Å². The van der Waals surface area contributed by atoms with E-state index < -0.39 is 28.8 Å². The molecule has 0 atom stereocenters. The average Bonchev–Trinajstić information content (AvgIpc) is 2.58. The molecule has 0 aliphatic rings. The van der Waals surface area contributed by atoms with Gasteiger partial charge in [0.15, 0.2) is 5.65 Å². The maximum absolute atomic E-state index is 13.4. The van der Waals surface area contributed by atoms with E-state index in [0.717, 1.165) is 15.2 Å². The average molecular weight is 368 g/mol. The Hall–Kier alpha value is -3.17. The van der Waals surface area contributed by atoms with E-state index in [2.05, 4.69) is 10.3 Å². The number of alkyl halides is 3. The molecule has 136 valence electrons. The number of anilines is 2. The normalized spacial score (nSPS) is 11.8. The smallest absolute Gasteiger partial charge is 0.355 e. The van der Waals surface area contributed by atoms with Gasteiger partial charge in [-0.25, -0.2) is 14.2 Å². The summed E-state index contributed by atoms with van der Waals surface area (Å²) in [6.07, 6.45) is -3.56. The minimum atomic E-state index is -4.86. The highest BCUT2D eigenvalue weighted by atomic mass is 19.4. The first-order valence-electron chi connectivity index (χ1n) is 7.29. The Morgan fingerprint density at radius 2 is 1.77 bits per heavy atom. The number of aromatic nitrogens is 3. The molecular weight excluding hydrogens is 356 g/mol. The van der Waals surface area contributed by atoms with Crippen LogP contribution in [0.2, 0.25) is 0 Å². The third-order valence-corrected chi connectivity index (χ3v) is 3.89. The van der Waals surface area contributed by atoms with Crippen LogP contribution in [0.5, 0.6) is 0 Å². The van der Waals surface area contributed by atoms with Crippen molar-refractivity contribution in [2.24, 2.45) is 14.1 Å². The molecule has 10 heteroatoms. The van der Waals surface area contributed by atoms with Crippen LogP contribution < -0.4 is 16.6 Å². The number of aryl methyl sites for hydroxylation is 1. The highest BCUT2D eigenvalue weighted by Gasteiger charge is 2.34. The third kappa shape index (κ3) is 2.83. The lowest BCUT2D eigenvalue weighted by molar-refractivity contribution is -0.139. The molecule has 2 heterocycles. The standard InChI is InChI=1S/C16H12F4N4O2/c1-23-13-12(14(25)24(2)15(23)26)11(5-6-21-13)22-8-3-4-10(17)9(7-8)16(18,19)20/h3-7H,1-2H3,(H,21,22). The van der Waals surface area contributed by atoms with Crippen LogP contribution in [0.15, 0.2) is 40.1 Å². The Morgan fingerprint density at radius 3 is 2.42 bits per heavy atom. The number of hydrogen-bond acceptors (Lipinski definition) is 4. The van der Waals surface area contributed by atoms with Crippen molar-refractivity contribution >= 4 is 22.4 Å². The molecule has 0 aliphatic heterocycles. The van der Waals surface area contributed by atoms with E-state index in [-0.39, 0.29) is 22.4 Å². The number of hydrogen-bond donors (Lipinski definition) is 1. The molecule has 6 nitrogen and oxygen atoms in total. The van der Waals surface area contributed by atoms with Gasteiger partial charge in [0.1, 0.15) is 11.2 Å². The first-order valence-corrected chi connectivity index (χ1v) is 7.29. The molecule has 0 saturated heterocycles. The summed E-state index contributed by atoms with van der Waals surface area (Å²) >= 11 is 0. The Labute approximate surface area is 143 Å². The van der Waals surface area contributed by atoms with Crippen molar-refractivity contribution in [1.82, 2.24) is 14.1 Å². The molecule has 2 aromatic heterocycles. The second-order valence-corrected chi connectivity index (χ2v) is 5.58. The molecule has 0 aliphatic carbocycles. The number of nitrogens with zero attached hydrogens (tertiary/aromatic N) is 3. The molecule has 0 spiro atoms. The van der Waals surface area contributed by atoms with Crippen molar-refractivity contribution in [2.45, 2.75) is 6.18 Å². The lowest BCUT2D eigenvalue weighted by Crippen LogP contribution is -2.37. The van der Waals surface area contributed by atoms with Crippen molar-refractivity contribution in [3.8, 4) is 0 Å². The number of fused-ring (bicyclic) bond motifs is 1. The zero-order valence-corrected chi connectivity index (χ0v) is 13.6. The Morgan fingerprint density at radius 1 is 1.08 bits per heavy atom. The monoisotopic (exact) mass is 368 g/mol. The van der Waals surface area contributed by atoms with E-state index in [4.69, 9.17) is 0 Å². The summed E-state index contributed by atoms with van der Waals surface area (Å²) in [5.74, 6) is -1.40. The summed E-state index contributed by atoms with van der Waals surface area (Å²) < 4.78 is 54.0. The summed E-state index contributed by atoms with van der Waals surface area (Å²) in [6.45, 7) is 0. The van der Waals surface area contributed by atoms with Crippen molar-refractivity contribution < 1.29 is 17.6 Å². The predicted octanol–water partition coefficient (Wildman–Crippen LogP) is 2.53. The van der Waals surface area contributed by atoms with Crippen LogP contribution in [0.3, 0.4) is 0 Å². The number of halogens is 4. The summed E-state index contributed by atoms with van der Waals surface area (Å²) in [5.41, 5.74) is -2.53. The van der Waals surface area contributed by atoms with E-state index in [1.54, 1.807) is 0 Å². The molecule has 3 aromatic rings. The number of benzene rings is 1. The minimum absolute atomic E-state index is 0.0231. The van der Waals surface area contributed by atoms with Crippen LogP contribution in [-0.2, 0) is 20.3 Å². The Kier molecular flexibility index (Phi) is 4.05. The van der Waals surface area contributed by atoms with Gasteiger partial charge >= 0.3 is 11.9 Å². The number of rotatable bonds is 2. The second-order valence-electron chi connectivity index (χ2n) is 5.58. The van der Waals surface area contributed by atoms with Gasteiger partial charge in [-0.05, 0) is 24.3 Å². The molecule has 0 fully saturated rings. The van der Waals surface area contributed by atoms with Crippen LogP contribution in [0.1, 0.15) is 5.56 Å². The highest BCUT2D eigenvalue weighted by Crippen LogP contribution is 2.34. The Bertz CT molecular complexity index is 1130. The van der Waals surface area contributed by atoms with Gasteiger partial charge < -0.3 is 5.32 Å². The lowest BCUT2D eigenvalue weighted by atomic mass is 10.1. The van der Waals surface area contributed by atoms with E-state index >= 15 is 0 Å². The first kappa shape index (κ1) is 17.6. The van der Waals surface area contributed by atoms with E-state index in [9.17, 15) is 27.2 Å². The van der Waals surface area contributed by atoms with Crippen LogP contribution in [-0.4, -0.2) is 14.1 Å². The van der Waals surface area contributed by atoms with E-state index in [1.165, 1.54) is 26.4 Å². The van der Waals surface area contributed by atoms with Gasteiger partial charge in [-0.1, -0.05) is 0 Å². The van der Waals surface area contributed by atoms with Crippen molar-refractivity contribution in [3.05, 3.63) is 62.7 Å². The molecule has 0 amide bonds. The van der Waals surface area contributed by atoms with Gasteiger partial charge in [0.2, 0.25) is 0 Å². The van der Waals surface area contributed by atoms with E-state index in [1.807, 2.05) is 0 Å². The van der Waals surface area contributed by atoms with Crippen LogP contribution in [0.25, 0.3) is 11.0 Å². The molecule has 3 rings (SSSR count). The number of nitrogens with one attached hydrogen (secondary N) is 1. The van der Waals surface area contributed by atoms with Crippen molar-refractivity contribution in [3.63, 3.8) is 0 Å². The largest absolute Gasteiger partial charge is 0.419 e. The van der Waals surface area contributed by atoms with Crippen molar-refractivity contribution in [1.29, 1.82) is 0 Å². The quantitative estimate of drug-likeness (QED) is 0.706. The zero-order chi connectivity index (χ0) is 19.2. The van der Waals surface area contributed by atoms with Crippen LogP contribution in [0.4, 0.5) is 28.9 Å². The molecule has 0 saturated carbocycles. The van der Waals surface area contributed by atoms with Gasteiger partial charge in [-0.15, -0.1) is 0 Å². The fourth-order valence-electron chi connectivity index (χ4n) is 2.57. The van der Waals surface area contributed by atoms with E-state index in [0.29, 0.717) is 12.1 Å². The fraction of sp³-hybridized carbons (Fsp3) is 0.188. The summed E-state index contributed by atoms with van der Waals surface area (Å²) in [6, 6.07) is 3.78. The maximum atomic E-state index is 13.4. The van der Waals surface area contributed by atoms with Gasteiger partial charge in [0, 0.05) is 26.0 Å². The summed E-state index contributed by atoms with van der Waals surface area (Å²) in [4.78, 5) is 28.4.